The molecule has 0 amide bonds. The Morgan fingerprint density at radius 3 is 2.02 bits per heavy atom. The molecule has 1 unspecified atom stereocenters. The molecule has 5 atom stereocenters. The Morgan fingerprint density at radius 1 is 0.886 bits per heavy atom. The fourth-order valence-corrected chi connectivity index (χ4v) is 5.94. The minimum atomic E-state index is -1.73. The van der Waals surface area contributed by atoms with Crippen LogP contribution in [0.3, 0.4) is 0 Å². The number of aromatic amines is 1. The first-order valence-corrected chi connectivity index (χ1v) is 14.2. The van der Waals surface area contributed by atoms with E-state index >= 15 is 0 Å². The Bertz CT molecular complexity index is 1670. The van der Waals surface area contributed by atoms with Crippen LogP contribution in [-0.4, -0.2) is 59.8 Å². The van der Waals surface area contributed by atoms with Gasteiger partial charge < -0.3 is 33.5 Å². The van der Waals surface area contributed by atoms with Gasteiger partial charge in [0.25, 0.3) is 5.56 Å². The smallest absolute Gasteiger partial charge is 0.330 e. The van der Waals surface area contributed by atoms with Crippen LogP contribution in [0.15, 0.2) is 94.6 Å². The number of aromatic nitrogens is 2. The van der Waals surface area contributed by atoms with E-state index in [1.807, 2.05) is 78.9 Å². The van der Waals surface area contributed by atoms with Gasteiger partial charge in [-0.2, -0.15) is 0 Å². The van der Waals surface area contributed by atoms with Crippen molar-refractivity contribution in [3.05, 3.63) is 128 Å². The molecular weight excluding hydrogens is 568 g/mol. The van der Waals surface area contributed by atoms with Crippen LogP contribution in [0.25, 0.3) is 0 Å². The Kier molecular flexibility index (Phi) is 7.91. The van der Waals surface area contributed by atoms with Crippen molar-refractivity contribution in [2.45, 2.75) is 50.0 Å². The minimum Gasteiger partial charge on any atom is -0.497 e. The highest BCUT2D eigenvalue weighted by atomic mass is 16.8. The van der Waals surface area contributed by atoms with Crippen LogP contribution in [0.2, 0.25) is 0 Å². The molecule has 1 aromatic heterocycles. The van der Waals surface area contributed by atoms with Gasteiger partial charge in [0.1, 0.15) is 35.9 Å². The first kappa shape index (κ1) is 29.8. The van der Waals surface area contributed by atoms with Crippen molar-refractivity contribution in [3.63, 3.8) is 0 Å². The van der Waals surface area contributed by atoms with Crippen LogP contribution in [0.5, 0.6) is 11.5 Å². The average Bonchev–Trinajstić information content (AvgIpc) is 3.19. The van der Waals surface area contributed by atoms with Crippen LogP contribution < -0.4 is 20.7 Å². The molecule has 44 heavy (non-hydrogen) atoms. The molecule has 2 N–H and O–H groups in total. The Morgan fingerprint density at radius 2 is 1.45 bits per heavy atom. The largest absolute Gasteiger partial charge is 0.497 e. The summed E-state index contributed by atoms with van der Waals surface area (Å²) in [5, 5.41) is 11.6. The molecule has 230 valence electrons. The van der Waals surface area contributed by atoms with Gasteiger partial charge in [-0.05, 0) is 54.8 Å². The molecule has 0 spiro atoms. The Hall–Kier alpha value is -4.26. The van der Waals surface area contributed by atoms with Gasteiger partial charge in [0.05, 0.1) is 14.2 Å². The fraction of sp³-hybridized carbons (Fsp3) is 0.333. The maximum absolute atomic E-state index is 12.8. The quantitative estimate of drug-likeness (QED) is 0.277. The SMILES string of the molecule is COc1ccc(C(OC[C@]23O[C@H](C)O[C@@H](C2O)[C@H](n2cc(C)c(=O)[nH]c2=O)O3)(c2ccccc2)c2ccc(OC)cc2)cc1. The number of fused-ring (bicyclic) bond motifs is 2. The summed E-state index contributed by atoms with van der Waals surface area (Å²) in [4.78, 5) is 27.2. The van der Waals surface area contributed by atoms with Crippen molar-refractivity contribution in [2.75, 3.05) is 20.8 Å². The summed E-state index contributed by atoms with van der Waals surface area (Å²) < 4.78 is 37.5. The Balaban J connectivity index is 1.47. The number of nitrogens with one attached hydrogen (secondary N) is 1. The number of nitrogens with zero attached hydrogens (tertiary/aromatic N) is 1. The van der Waals surface area contributed by atoms with Crippen molar-refractivity contribution in [1.82, 2.24) is 9.55 Å². The minimum absolute atomic E-state index is 0.265. The molecule has 0 aliphatic carbocycles. The monoisotopic (exact) mass is 602 g/mol. The van der Waals surface area contributed by atoms with Gasteiger partial charge >= 0.3 is 5.69 Å². The zero-order valence-corrected chi connectivity index (χ0v) is 24.8. The number of aliphatic hydroxyl groups excluding tert-OH is 1. The summed E-state index contributed by atoms with van der Waals surface area (Å²) in [6.07, 6.45) is -2.86. The van der Waals surface area contributed by atoms with Crippen LogP contribution in [0.4, 0.5) is 0 Å². The summed E-state index contributed by atoms with van der Waals surface area (Å²) in [6, 6.07) is 24.7. The first-order chi connectivity index (χ1) is 21.2. The maximum atomic E-state index is 12.8. The molecule has 11 nitrogen and oxygen atoms in total. The number of methoxy groups -OCH3 is 2. The van der Waals surface area contributed by atoms with E-state index in [-0.39, 0.29) is 6.61 Å². The van der Waals surface area contributed by atoms with E-state index in [2.05, 4.69) is 4.98 Å². The average molecular weight is 603 g/mol. The number of rotatable bonds is 9. The number of hydrogen-bond acceptors (Lipinski definition) is 9. The lowest BCUT2D eigenvalue weighted by atomic mass is 9.80. The standard InChI is InChI=1S/C33H34N2O9/c1-20-18-35(31(38)34-29(20)37)30-27-28(36)32(44-30,43-21(2)42-27)19-41-33(22-8-6-5-7-9-22,23-10-14-25(39-3)15-11-23)24-12-16-26(40-4)17-13-24/h5-18,21,27-28,30,36H,19H2,1-4H3,(H,34,37,38)/t21-,27+,28?,30-,32-/m1/s1. The molecule has 3 aromatic carbocycles. The van der Waals surface area contributed by atoms with Crippen molar-refractivity contribution in [1.29, 1.82) is 0 Å². The molecular formula is C33H34N2O9. The lowest BCUT2D eigenvalue weighted by Crippen LogP contribution is -2.57. The van der Waals surface area contributed by atoms with Gasteiger partial charge in [-0.1, -0.05) is 54.6 Å². The predicted molar refractivity (Wildman–Crippen MR) is 159 cm³/mol. The molecule has 11 heteroatoms. The van der Waals surface area contributed by atoms with Crippen LogP contribution in [0, 0.1) is 6.92 Å². The van der Waals surface area contributed by atoms with Crippen molar-refractivity contribution in [2.24, 2.45) is 0 Å². The highest BCUT2D eigenvalue weighted by Crippen LogP contribution is 2.48. The number of ether oxygens (including phenoxy) is 6. The Labute approximate surface area is 253 Å². The van der Waals surface area contributed by atoms with E-state index in [1.54, 1.807) is 28.1 Å². The molecule has 2 saturated heterocycles. The summed E-state index contributed by atoms with van der Waals surface area (Å²) in [6.45, 7) is 2.99. The second-order valence-electron chi connectivity index (χ2n) is 10.8. The second kappa shape index (κ2) is 11.7. The van der Waals surface area contributed by atoms with E-state index in [1.165, 1.54) is 10.8 Å². The van der Waals surface area contributed by atoms with E-state index in [9.17, 15) is 14.7 Å². The van der Waals surface area contributed by atoms with Gasteiger partial charge in [0.2, 0.25) is 5.79 Å². The summed E-state index contributed by atoms with van der Waals surface area (Å²) in [5.74, 6) is -0.380. The topological polar surface area (TPSA) is 130 Å². The lowest BCUT2D eigenvalue weighted by Gasteiger charge is -2.42. The highest BCUT2D eigenvalue weighted by Gasteiger charge is 2.63. The second-order valence-corrected chi connectivity index (χ2v) is 10.8. The molecule has 4 aromatic rings. The zero-order chi connectivity index (χ0) is 31.1. The van der Waals surface area contributed by atoms with Gasteiger partial charge in [0, 0.05) is 11.8 Å². The highest BCUT2D eigenvalue weighted by molar-refractivity contribution is 5.49. The molecule has 3 heterocycles. The maximum Gasteiger partial charge on any atom is 0.330 e. The molecule has 2 bridgehead atoms. The van der Waals surface area contributed by atoms with E-state index in [4.69, 9.17) is 28.4 Å². The summed E-state index contributed by atoms with van der Waals surface area (Å²) in [5.41, 5.74) is 0.223. The number of H-pyrrole nitrogens is 1. The molecule has 2 aliphatic heterocycles. The molecule has 0 saturated carbocycles. The van der Waals surface area contributed by atoms with E-state index in [0.29, 0.717) is 17.1 Å². The molecule has 2 aliphatic rings. The van der Waals surface area contributed by atoms with Crippen LogP contribution in [0.1, 0.15) is 35.4 Å². The lowest BCUT2D eigenvalue weighted by molar-refractivity contribution is -0.359. The van der Waals surface area contributed by atoms with Gasteiger partial charge in [-0.15, -0.1) is 0 Å². The first-order valence-electron chi connectivity index (χ1n) is 14.2. The predicted octanol–water partition coefficient (Wildman–Crippen LogP) is 3.22. The third kappa shape index (κ3) is 5.02. The molecule has 6 rings (SSSR count). The molecule has 0 radical (unpaired) electrons. The normalized spacial score (nSPS) is 24.7. The van der Waals surface area contributed by atoms with Crippen molar-refractivity contribution >= 4 is 0 Å². The summed E-state index contributed by atoms with van der Waals surface area (Å²) >= 11 is 0. The van der Waals surface area contributed by atoms with Crippen molar-refractivity contribution in [3.8, 4) is 11.5 Å². The van der Waals surface area contributed by atoms with Gasteiger partial charge in [-0.25, -0.2) is 4.79 Å². The number of benzene rings is 3. The third-order valence-electron chi connectivity index (χ3n) is 8.16. The molecule has 2 fully saturated rings. The number of aryl methyl sites for hydroxylation is 1. The van der Waals surface area contributed by atoms with Gasteiger partial charge in [-0.3, -0.25) is 14.3 Å². The van der Waals surface area contributed by atoms with Crippen LogP contribution >= 0.6 is 0 Å². The van der Waals surface area contributed by atoms with E-state index < -0.39 is 47.4 Å². The summed E-state index contributed by atoms with van der Waals surface area (Å²) in [7, 11) is 3.20. The van der Waals surface area contributed by atoms with Crippen LogP contribution in [-0.2, 0) is 24.5 Å². The zero-order valence-electron chi connectivity index (χ0n) is 24.8. The van der Waals surface area contributed by atoms with Crippen molar-refractivity contribution < 1.29 is 33.5 Å². The fourth-order valence-electron chi connectivity index (χ4n) is 5.94. The van der Waals surface area contributed by atoms with Gasteiger partial charge in [0.15, 0.2) is 12.5 Å². The number of aliphatic hydroxyl groups is 1. The number of hydrogen-bond donors (Lipinski definition) is 2. The third-order valence-corrected chi connectivity index (χ3v) is 8.16. The van der Waals surface area contributed by atoms with E-state index in [0.717, 1.165) is 16.7 Å².